The molecule has 0 fully saturated rings. The summed E-state index contributed by atoms with van der Waals surface area (Å²) in [5, 5.41) is 16.7. The molecule has 0 amide bonds. The first kappa shape index (κ1) is 17.5. The SMILES string of the molecule is C[n+]1[c-]n(C2=CC=CC=C(OC3=CC=CC=C(n4cc[n+](C)c4O)N3)N2)cc1. The highest BCUT2D eigenvalue weighted by molar-refractivity contribution is 5.52. The number of nitrogens with zero attached hydrogens (tertiary/aromatic N) is 4. The molecule has 0 aromatic carbocycles. The quantitative estimate of drug-likeness (QED) is 0.544. The zero-order valence-electron chi connectivity index (χ0n) is 15.6. The summed E-state index contributed by atoms with van der Waals surface area (Å²) >= 11 is 0. The van der Waals surface area contributed by atoms with E-state index >= 15 is 0 Å². The number of aryl methyl sites for hydroxylation is 2. The summed E-state index contributed by atoms with van der Waals surface area (Å²) in [7, 11) is 3.68. The average molecular weight is 377 g/mol. The Morgan fingerprint density at radius 1 is 0.893 bits per heavy atom. The second kappa shape index (κ2) is 7.36. The molecular weight excluding hydrogens is 356 g/mol. The van der Waals surface area contributed by atoms with E-state index in [1.54, 1.807) is 28.6 Å². The molecule has 2 aromatic rings. The van der Waals surface area contributed by atoms with Crippen LogP contribution in [0.25, 0.3) is 11.6 Å². The van der Waals surface area contributed by atoms with Crippen molar-refractivity contribution in [1.29, 1.82) is 0 Å². The summed E-state index contributed by atoms with van der Waals surface area (Å²) in [6.45, 7) is 0. The number of allylic oxidation sites excluding steroid dienone is 8. The van der Waals surface area contributed by atoms with Crippen molar-refractivity contribution in [3.63, 3.8) is 0 Å². The van der Waals surface area contributed by atoms with E-state index in [2.05, 4.69) is 17.0 Å². The first-order valence-electron chi connectivity index (χ1n) is 8.72. The maximum atomic E-state index is 10.2. The Bertz CT molecular complexity index is 1080. The van der Waals surface area contributed by atoms with Gasteiger partial charge in [-0.3, -0.25) is 5.32 Å². The summed E-state index contributed by atoms with van der Waals surface area (Å²) < 4.78 is 12.9. The van der Waals surface area contributed by atoms with Gasteiger partial charge in [0.1, 0.15) is 18.2 Å². The second-order valence-electron chi connectivity index (χ2n) is 6.25. The number of aromatic nitrogens is 4. The maximum Gasteiger partial charge on any atom is 0.459 e. The lowest BCUT2D eigenvalue weighted by Gasteiger charge is -2.17. The second-order valence-corrected chi connectivity index (χ2v) is 6.25. The van der Waals surface area contributed by atoms with E-state index < -0.39 is 0 Å². The predicted octanol–water partition coefficient (Wildman–Crippen LogP) is 0.760. The monoisotopic (exact) mass is 377 g/mol. The van der Waals surface area contributed by atoms with E-state index in [0.29, 0.717) is 17.6 Å². The molecule has 0 aliphatic carbocycles. The van der Waals surface area contributed by atoms with Gasteiger partial charge in [-0.1, -0.05) is 24.3 Å². The maximum absolute atomic E-state index is 10.2. The van der Waals surface area contributed by atoms with Crippen LogP contribution in [0.1, 0.15) is 0 Å². The van der Waals surface area contributed by atoms with Crippen molar-refractivity contribution < 1.29 is 19.0 Å². The van der Waals surface area contributed by atoms with Crippen LogP contribution in [-0.2, 0) is 18.8 Å². The predicted molar refractivity (Wildman–Crippen MR) is 102 cm³/mol. The Hall–Kier alpha value is -3.94. The molecule has 0 saturated heterocycles. The molecule has 0 spiro atoms. The van der Waals surface area contributed by atoms with Crippen LogP contribution in [0, 0.1) is 6.33 Å². The Kier molecular flexibility index (Phi) is 4.59. The van der Waals surface area contributed by atoms with Crippen molar-refractivity contribution in [3.8, 4) is 6.01 Å². The summed E-state index contributed by atoms with van der Waals surface area (Å²) in [5.41, 5.74) is 0. The van der Waals surface area contributed by atoms with Gasteiger partial charge in [0.15, 0.2) is 5.88 Å². The third kappa shape index (κ3) is 3.61. The number of nitrogens with one attached hydrogen (secondary N) is 2. The molecule has 2 aromatic heterocycles. The van der Waals surface area contributed by atoms with E-state index in [1.807, 2.05) is 77.2 Å². The van der Waals surface area contributed by atoms with Crippen molar-refractivity contribution in [2.75, 3.05) is 0 Å². The van der Waals surface area contributed by atoms with E-state index in [0.717, 1.165) is 5.82 Å². The van der Waals surface area contributed by atoms with Crippen molar-refractivity contribution >= 4 is 11.6 Å². The zero-order valence-corrected chi connectivity index (χ0v) is 15.6. The van der Waals surface area contributed by atoms with E-state index in [9.17, 15) is 5.11 Å². The first-order chi connectivity index (χ1) is 13.6. The van der Waals surface area contributed by atoms with Crippen LogP contribution in [-0.4, -0.2) is 14.2 Å². The Labute approximate surface area is 162 Å². The molecule has 0 saturated carbocycles. The van der Waals surface area contributed by atoms with Crippen LogP contribution in [0.2, 0.25) is 0 Å². The normalized spacial score (nSPS) is 16.1. The third-order valence-electron chi connectivity index (χ3n) is 4.14. The van der Waals surface area contributed by atoms with Gasteiger partial charge in [0.2, 0.25) is 18.0 Å². The fraction of sp³-hybridized carbons (Fsp3) is 0.100. The highest BCUT2D eigenvalue weighted by Crippen LogP contribution is 2.16. The molecule has 28 heavy (non-hydrogen) atoms. The van der Waals surface area contributed by atoms with Gasteiger partial charge in [0, 0.05) is 18.5 Å². The summed E-state index contributed by atoms with van der Waals surface area (Å²) in [6, 6.07) is 0.101. The number of aromatic hydroxyl groups is 1. The Balaban J connectivity index is 1.51. The number of ether oxygens (including phenoxy) is 1. The van der Waals surface area contributed by atoms with Crippen LogP contribution in [0.15, 0.2) is 85.2 Å². The van der Waals surface area contributed by atoms with Crippen molar-refractivity contribution in [2.45, 2.75) is 0 Å². The lowest BCUT2D eigenvalue weighted by Crippen LogP contribution is -2.27. The standard InChI is InChI=1S/C20H20N6O2/c1-23-11-13-25(15-23)16-7-3-5-9-18(21-16)28-19-10-6-4-8-17(22-19)26-14-12-24(2)20(26)27/h3-14,21-22H,1-2H3/p+1. The highest BCUT2D eigenvalue weighted by atomic mass is 16.5. The Morgan fingerprint density at radius 2 is 1.54 bits per heavy atom. The van der Waals surface area contributed by atoms with Gasteiger partial charge in [-0.2, -0.15) is 4.57 Å². The van der Waals surface area contributed by atoms with Crippen LogP contribution in [0.5, 0.6) is 6.01 Å². The number of rotatable bonds is 4. The first-order valence-corrected chi connectivity index (χ1v) is 8.72. The van der Waals surface area contributed by atoms with Crippen LogP contribution < -0.4 is 19.8 Å². The average Bonchev–Trinajstić information content (AvgIpc) is 3.06. The van der Waals surface area contributed by atoms with Crippen molar-refractivity contribution in [2.24, 2.45) is 14.1 Å². The van der Waals surface area contributed by atoms with Gasteiger partial charge in [0.05, 0.1) is 14.1 Å². The molecule has 0 radical (unpaired) electrons. The van der Waals surface area contributed by atoms with Gasteiger partial charge in [-0.15, -0.1) is 4.57 Å². The van der Waals surface area contributed by atoms with Crippen molar-refractivity contribution in [1.82, 2.24) is 19.8 Å². The zero-order chi connectivity index (χ0) is 19.5. The molecule has 2 aliphatic heterocycles. The minimum Gasteiger partial charge on any atom is -0.446 e. The lowest BCUT2D eigenvalue weighted by atomic mass is 10.4. The van der Waals surface area contributed by atoms with Crippen LogP contribution in [0.3, 0.4) is 0 Å². The van der Waals surface area contributed by atoms with Crippen LogP contribution in [0.4, 0.5) is 0 Å². The largest absolute Gasteiger partial charge is 0.459 e. The van der Waals surface area contributed by atoms with Gasteiger partial charge in [-0.05, 0) is 18.2 Å². The number of hydrogen-bond acceptors (Lipinski definition) is 4. The van der Waals surface area contributed by atoms with Gasteiger partial charge in [-0.25, -0.2) is 0 Å². The fourth-order valence-electron chi connectivity index (χ4n) is 2.71. The molecule has 2 aliphatic rings. The fourth-order valence-corrected chi connectivity index (χ4v) is 2.71. The van der Waals surface area contributed by atoms with E-state index in [4.69, 9.17) is 4.74 Å². The molecule has 8 nitrogen and oxygen atoms in total. The molecule has 0 bridgehead atoms. The molecule has 0 unspecified atom stereocenters. The van der Waals surface area contributed by atoms with Crippen LogP contribution >= 0.6 is 0 Å². The molecule has 3 N–H and O–H groups in total. The topological polar surface area (TPSA) is 71.1 Å². The molecular formula is C20H21N6O2+. The number of hydrogen-bond donors (Lipinski definition) is 3. The summed E-state index contributed by atoms with van der Waals surface area (Å²) in [5.74, 6) is 2.51. The van der Waals surface area contributed by atoms with Gasteiger partial charge >= 0.3 is 6.01 Å². The van der Waals surface area contributed by atoms with Gasteiger partial charge in [0.25, 0.3) is 0 Å². The van der Waals surface area contributed by atoms with E-state index in [1.165, 1.54) is 0 Å². The minimum atomic E-state index is 0.101. The number of imidazole rings is 2. The Morgan fingerprint density at radius 3 is 2.14 bits per heavy atom. The molecule has 8 heteroatoms. The summed E-state index contributed by atoms with van der Waals surface area (Å²) in [4.78, 5) is 0. The summed E-state index contributed by atoms with van der Waals surface area (Å²) in [6.07, 6.45) is 25.4. The molecule has 0 atom stereocenters. The molecule has 142 valence electrons. The third-order valence-corrected chi connectivity index (χ3v) is 4.14. The smallest absolute Gasteiger partial charge is 0.446 e. The molecule has 4 rings (SSSR count). The van der Waals surface area contributed by atoms with Crippen molar-refractivity contribution in [3.05, 3.63) is 91.5 Å². The highest BCUT2D eigenvalue weighted by Gasteiger charge is 2.19. The van der Waals surface area contributed by atoms with E-state index in [-0.39, 0.29) is 6.01 Å². The minimum absolute atomic E-state index is 0.101. The van der Waals surface area contributed by atoms with Gasteiger partial charge < -0.3 is 24.3 Å². The lowest BCUT2D eigenvalue weighted by molar-refractivity contribution is -0.677. The molecule has 4 heterocycles.